The lowest BCUT2D eigenvalue weighted by molar-refractivity contribution is 0.142. The van der Waals surface area contributed by atoms with Gasteiger partial charge in [0.25, 0.3) is 0 Å². The largest absolute Gasteiger partial charge is 0.391 e. The molecule has 0 aliphatic rings. The van der Waals surface area contributed by atoms with Crippen molar-refractivity contribution in [2.45, 2.75) is 17.5 Å². The molecule has 1 unspecified atom stereocenters. The first-order valence-electron chi connectivity index (χ1n) is 6.92. The summed E-state index contributed by atoms with van der Waals surface area (Å²) in [6, 6.07) is 18.0. The van der Waals surface area contributed by atoms with Gasteiger partial charge in [-0.15, -0.1) is 11.8 Å². The quantitative estimate of drug-likeness (QED) is 0.782. The molecular formula is C17H20ClNOS. The molecule has 0 heterocycles. The molecule has 0 aliphatic carbocycles. The summed E-state index contributed by atoms with van der Waals surface area (Å²) in [6.45, 7) is 1.51. The first-order valence-corrected chi connectivity index (χ1v) is 8.29. The highest BCUT2D eigenvalue weighted by molar-refractivity contribution is 7.99. The fourth-order valence-electron chi connectivity index (χ4n) is 2.10. The van der Waals surface area contributed by atoms with Crippen LogP contribution in [0.15, 0.2) is 59.5 Å². The summed E-state index contributed by atoms with van der Waals surface area (Å²) in [4.78, 5) is 3.27. The third kappa shape index (κ3) is 6.10. The van der Waals surface area contributed by atoms with E-state index in [1.165, 1.54) is 5.56 Å². The van der Waals surface area contributed by atoms with Crippen molar-refractivity contribution in [1.82, 2.24) is 4.90 Å². The lowest BCUT2D eigenvalue weighted by Crippen LogP contribution is -2.30. The van der Waals surface area contributed by atoms with Crippen molar-refractivity contribution < 1.29 is 5.11 Å². The minimum Gasteiger partial charge on any atom is -0.391 e. The Morgan fingerprint density at radius 1 is 1.10 bits per heavy atom. The van der Waals surface area contributed by atoms with Gasteiger partial charge in [-0.25, -0.2) is 0 Å². The second kappa shape index (κ2) is 8.44. The normalized spacial score (nSPS) is 12.6. The van der Waals surface area contributed by atoms with Crippen molar-refractivity contribution in [1.29, 1.82) is 0 Å². The zero-order valence-electron chi connectivity index (χ0n) is 12.1. The van der Waals surface area contributed by atoms with E-state index in [0.717, 1.165) is 16.5 Å². The van der Waals surface area contributed by atoms with Crippen LogP contribution in [0.4, 0.5) is 0 Å². The molecule has 4 heteroatoms. The number of thioether (sulfide) groups is 1. The zero-order chi connectivity index (χ0) is 15.1. The van der Waals surface area contributed by atoms with Crippen LogP contribution >= 0.6 is 23.4 Å². The Morgan fingerprint density at radius 3 is 2.43 bits per heavy atom. The number of likely N-dealkylation sites (N-methyl/N-ethyl adjacent to an activating group) is 1. The molecule has 0 bridgehead atoms. The van der Waals surface area contributed by atoms with E-state index < -0.39 is 0 Å². The lowest BCUT2D eigenvalue weighted by Gasteiger charge is -2.20. The van der Waals surface area contributed by atoms with Crippen LogP contribution in [-0.4, -0.2) is 35.5 Å². The molecule has 2 aromatic rings. The summed E-state index contributed by atoms with van der Waals surface area (Å²) in [5.74, 6) is 0.681. The first kappa shape index (κ1) is 16.4. The highest BCUT2D eigenvalue weighted by Crippen LogP contribution is 2.21. The van der Waals surface area contributed by atoms with E-state index in [9.17, 15) is 5.11 Å². The van der Waals surface area contributed by atoms with Crippen LogP contribution in [0.5, 0.6) is 0 Å². The molecule has 0 saturated heterocycles. The third-order valence-electron chi connectivity index (χ3n) is 3.07. The molecule has 0 aromatic heterocycles. The van der Waals surface area contributed by atoms with Crippen LogP contribution in [0.1, 0.15) is 5.56 Å². The number of nitrogens with zero attached hydrogens (tertiary/aromatic N) is 1. The van der Waals surface area contributed by atoms with Gasteiger partial charge in [0.1, 0.15) is 0 Å². The van der Waals surface area contributed by atoms with E-state index in [1.54, 1.807) is 11.8 Å². The standard InChI is InChI=1S/C17H20ClNOS/c1-19(11-14-5-3-2-4-6-14)12-16(20)13-21-17-9-7-15(18)8-10-17/h2-10,16,20H,11-13H2,1H3. The molecule has 0 amide bonds. The van der Waals surface area contributed by atoms with E-state index in [1.807, 2.05) is 49.5 Å². The second-order valence-electron chi connectivity index (χ2n) is 5.10. The summed E-state index contributed by atoms with van der Waals surface area (Å²) >= 11 is 7.51. The van der Waals surface area contributed by atoms with Crippen molar-refractivity contribution in [2.24, 2.45) is 0 Å². The topological polar surface area (TPSA) is 23.5 Å². The van der Waals surface area contributed by atoms with E-state index in [2.05, 4.69) is 17.0 Å². The predicted octanol–water partition coefficient (Wildman–Crippen LogP) is 3.93. The van der Waals surface area contributed by atoms with Crippen molar-refractivity contribution in [3.05, 3.63) is 65.2 Å². The number of hydrogen-bond donors (Lipinski definition) is 1. The van der Waals surface area contributed by atoms with Gasteiger partial charge < -0.3 is 5.11 Å². The van der Waals surface area contributed by atoms with Gasteiger partial charge in [-0.2, -0.15) is 0 Å². The molecular weight excluding hydrogens is 302 g/mol. The fraction of sp³-hybridized carbons (Fsp3) is 0.294. The molecule has 0 fully saturated rings. The number of aliphatic hydroxyl groups excluding tert-OH is 1. The van der Waals surface area contributed by atoms with Crippen molar-refractivity contribution >= 4 is 23.4 Å². The Hall–Kier alpha value is -1.00. The minimum absolute atomic E-state index is 0.348. The van der Waals surface area contributed by atoms with Gasteiger partial charge in [0.05, 0.1) is 6.10 Å². The minimum atomic E-state index is -0.348. The maximum Gasteiger partial charge on any atom is 0.0760 e. The van der Waals surface area contributed by atoms with Gasteiger partial charge in [0.2, 0.25) is 0 Å². The highest BCUT2D eigenvalue weighted by Gasteiger charge is 2.09. The average molecular weight is 322 g/mol. The highest BCUT2D eigenvalue weighted by atomic mass is 35.5. The van der Waals surface area contributed by atoms with Gasteiger partial charge in [-0.3, -0.25) is 4.90 Å². The Morgan fingerprint density at radius 2 is 1.76 bits per heavy atom. The van der Waals surface area contributed by atoms with Crippen LogP contribution in [0.25, 0.3) is 0 Å². The number of aliphatic hydroxyl groups is 1. The van der Waals surface area contributed by atoms with Crippen molar-refractivity contribution in [3.63, 3.8) is 0 Å². The molecule has 1 N–H and O–H groups in total. The molecule has 2 rings (SSSR count). The monoisotopic (exact) mass is 321 g/mol. The lowest BCUT2D eigenvalue weighted by atomic mass is 10.2. The zero-order valence-corrected chi connectivity index (χ0v) is 13.6. The number of hydrogen-bond acceptors (Lipinski definition) is 3. The molecule has 0 radical (unpaired) electrons. The van der Waals surface area contributed by atoms with E-state index in [4.69, 9.17) is 11.6 Å². The third-order valence-corrected chi connectivity index (χ3v) is 4.48. The summed E-state index contributed by atoms with van der Waals surface area (Å²) in [6.07, 6.45) is -0.348. The molecule has 0 aliphatic heterocycles. The van der Waals surface area contributed by atoms with Gasteiger partial charge in [-0.05, 0) is 36.9 Å². The average Bonchev–Trinajstić information content (AvgIpc) is 2.47. The Bertz CT molecular complexity index is 532. The summed E-state index contributed by atoms with van der Waals surface area (Å²) in [5, 5.41) is 10.9. The summed E-state index contributed by atoms with van der Waals surface area (Å²) < 4.78 is 0. The number of benzene rings is 2. The maximum atomic E-state index is 10.1. The number of rotatable bonds is 7. The van der Waals surface area contributed by atoms with Gasteiger partial charge >= 0.3 is 0 Å². The molecule has 2 nitrogen and oxygen atoms in total. The Labute approximate surface area is 135 Å². The van der Waals surface area contributed by atoms with Gasteiger partial charge in [-0.1, -0.05) is 41.9 Å². The molecule has 0 spiro atoms. The summed E-state index contributed by atoms with van der Waals surface area (Å²) in [5.41, 5.74) is 1.26. The smallest absolute Gasteiger partial charge is 0.0760 e. The van der Waals surface area contributed by atoms with E-state index >= 15 is 0 Å². The first-order chi connectivity index (χ1) is 10.1. The molecule has 21 heavy (non-hydrogen) atoms. The van der Waals surface area contributed by atoms with Crippen molar-refractivity contribution in [2.75, 3.05) is 19.3 Å². The molecule has 0 saturated carbocycles. The van der Waals surface area contributed by atoms with Crippen LogP contribution < -0.4 is 0 Å². The Kier molecular flexibility index (Phi) is 6.58. The van der Waals surface area contributed by atoms with Crippen molar-refractivity contribution in [3.8, 4) is 0 Å². The Balaban J connectivity index is 1.73. The van der Waals surface area contributed by atoms with Crippen LogP contribution in [0, 0.1) is 0 Å². The predicted molar refractivity (Wildman–Crippen MR) is 91.0 cm³/mol. The SMILES string of the molecule is CN(Cc1ccccc1)CC(O)CSc1ccc(Cl)cc1. The number of halogens is 1. The molecule has 1 atom stereocenters. The van der Waals surface area contributed by atoms with E-state index in [-0.39, 0.29) is 6.10 Å². The summed E-state index contributed by atoms with van der Waals surface area (Å²) in [7, 11) is 2.03. The van der Waals surface area contributed by atoms with Crippen LogP contribution in [0.3, 0.4) is 0 Å². The van der Waals surface area contributed by atoms with Crippen LogP contribution in [0.2, 0.25) is 5.02 Å². The molecule has 2 aromatic carbocycles. The molecule has 112 valence electrons. The maximum absolute atomic E-state index is 10.1. The van der Waals surface area contributed by atoms with E-state index in [0.29, 0.717) is 12.3 Å². The van der Waals surface area contributed by atoms with Gasteiger partial charge in [0.15, 0.2) is 0 Å². The second-order valence-corrected chi connectivity index (χ2v) is 6.63. The van der Waals surface area contributed by atoms with Gasteiger partial charge in [0, 0.05) is 28.8 Å². The fourth-order valence-corrected chi connectivity index (χ4v) is 3.04. The van der Waals surface area contributed by atoms with Crippen LogP contribution in [-0.2, 0) is 6.54 Å².